The van der Waals surface area contributed by atoms with Crippen LogP contribution in [0.5, 0.6) is 0 Å². The number of H-pyrrole nitrogens is 1. The van der Waals surface area contributed by atoms with Crippen molar-refractivity contribution >= 4 is 32.5 Å². The van der Waals surface area contributed by atoms with Crippen molar-refractivity contribution in [2.75, 3.05) is 4.72 Å². The Labute approximate surface area is 208 Å². The number of fused-ring (bicyclic) bond motifs is 1. The van der Waals surface area contributed by atoms with Gasteiger partial charge in [0.2, 0.25) is 0 Å². The van der Waals surface area contributed by atoms with E-state index in [9.17, 15) is 26.4 Å². The van der Waals surface area contributed by atoms with E-state index >= 15 is 0 Å². The maximum absolute atomic E-state index is 13.3. The first-order valence-electron chi connectivity index (χ1n) is 10.8. The van der Waals surface area contributed by atoms with Gasteiger partial charge in [0.1, 0.15) is 5.65 Å². The van der Waals surface area contributed by atoms with Crippen molar-refractivity contribution in [3.8, 4) is 11.1 Å². The van der Waals surface area contributed by atoms with Gasteiger partial charge in [0.05, 0.1) is 16.7 Å². The summed E-state index contributed by atoms with van der Waals surface area (Å²) < 4.78 is 68.5. The maximum Gasteiger partial charge on any atom is 0.416 e. The van der Waals surface area contributed by atoms with Crippen LogP contribution in [0.25, 0.3) is 22.2 Å². The number of benzene rings is 2. The highest BCUT2D eigenvalue weighted by atomic mass is 32.2. The van der Waals surface area contributed by atoms with Gasteiger partial charge in [-0.25, -0.2) is 13.4 Å². The summed E-state index contributed by atoms with van der Waals surface area (Å²) in [5.41, 5.74) is 1.52. The zero-order chi connectivity index (χ0) is 26.4. The van der Waals surface area contributed by atoms with Gasteiger partial charge in [0.15, 0.2) is 5.78 Å². The molecule has 0 radical (unpaired) electrons. The molecule has 0 fully saturated rings. The molecule has 0 spiro atoms. The monoisotopic (exact) mass is 525 g/mol. The fourth-order valence-electron chi connectivity index (χ4n) is 3.85. The molecular weight excluding hydrogens is 507 g/mol. The van der Waals surface area contributed by atoms with Crippen LogP contribution in [0.2, 0.25) is 0 Å². The summed E-state index contributed by atoms with van der Waals surface area (Å²) in [5.74, 6) is -0.392. The van der Waals surface area contributed by atoms with E-state index in [1.54, 1.807) is 24.1 Å². The van der Waals surface area contributed by atoms with Gasteiger partial charge in [-0.2, -0.15) is 18.3 Å². The highest BCUT2D eigenvalue weighted by Gasteiger charge is 2.31. The van der Waals surface area contributed by atoms with E-state index in [0.717, 1.165) is 29.3 Å². The van der Waals surface area contributed by atoms with Gasteiger partial charge in [0, 0.05) is 59.0 Å². The van der Waals surface area contributed by atoms with Crippen LogP contribution in [-0.2, 0) is 23.2 Å². The van der Waals surface area contributed by atoms with Crippen molar-refractivity contribution in [1.82, 2.24) is 19.7 Å². The highest BCUT2D eigenvalue weighted by Crippen LogP contribution is 2.31. The lowest BCUT2D eigenvalue weighted by atomic mass is 10.0. The minimum Gasteiger partial charge on any atom is -0.345 e. The van der Waals surface area contributed by atoms with Crippen molar-refractivity contribution in [1.29, 1.82) is 0 Å². The molecule has 5 rings (SSSR count). The Morgan fingerprint density at radius 1 is 1.03 bits per heavy atom. The molecule has 0 unspecified atom stereocenters. The van der Waals surface area contributed by atoms with E-state index in [2.05, 4.69) is 19.8 Å². The Balaban J connectivity index is 1.45. The number of aryl methyl sites for hydroxylation is 1. The van der Waals surface area contributed by atoms with Gasteiger partial charge >= 0.3 is 6.18 Å². The average Bonchev–Trinajstić information content (AvgIpc) is 3.49. The number of halogens is 3. The number of anilines is 1. The van der Waals surface area contributed by atoms with Gasteiger partial charge in [-0.15, -0.1) is 0 Å². The predicted octanol–water partition coefficient (Wildman–Crippen LogP) is 5.01. The van der Waals surface area contributed by atoms with Crippen molar-refractivity contribution in [3.05, 3.63) is 96.1 Å². The number of aromatic nitrogens is 4. The fourth-order valence-corrected chi connectivity index (χ4v) is 4.95. The summed E-state index contributed by atoms with van der Waals surface area (Å²) in [6.45, 7) is 0. The summed E-state index contributed by atoms with van der Waals surface area (Å²) in [6, 6.07) is 10.9. The first-order valence-corrected chi connectivity index (χ1v) is 12.3. The molecule has 5 aromatic rings. The first kappa shape index (κ1) is 24.3. The summed E-state index contributed by atoms with van der Waals surface area (Å²) in [5, 5.41) is 4.72. The van der Waals surface area contributed by atoms with Crippen LogP contribution in [0, 0.1) is 0 Å². The van der Waals surface area contributed by atoms with Crippen LogP contribution in [0.3, 0.4) is 0 Å². The molecule has 2 aromatic carbocycles. The van der Waals surface area contributed by atoms with Gasteiger partial charge in [-0.3, -0.25) is 14.2 Å². The predicted molar refractivity (Wildman–Crippen MR) is 130 cm³/mol. The molecule has 12 heteroatoms. The number of carbonyl (C=O) groups is 1. The Kier molecular flexibility index (Phi) is 5.83. The van der Waals surface area contributed by atoms with Crippen LogP contribution in [0.1, 0.15) is 21.5 Å². The Bertz CT molecular complexity index is 1760. The molecule has 2 N–H and O–H groups in total. The molecule has 3 heterocycles. The maximum atomic E-state index is 13.3. The SMILES string of the molecule is Cn1cc(-c2cnc3[nH]cc(C(=O)c4cccc(NS(=O)(=O)c5cccc(C(F)(F)F)c5)c4)c3c2)cn1. The van der Waals surface area contributed by atoms with Crippen LogP contribution in [0.15, 0.2) is 84.3 Å². The van der Waals surface area contributed by atoms with Crippen LogP contribution in [-0.4, -0.2) is 33.9 Å². The number of alkyl halides is 3. The van der Waals surface area contributed by atoms with E-state index in [4.69, 9.17) is 0 Å². The highest BCUT2D eigenvalue weighted by molar-refractivity contribution is 7.92. The van der Waals surface area contributed by atoms with Crippen LogP contribution >= 0.6 is 0 Å². The third kappa shape index (κ3) is 4.83. The number of nitrogens with zero attached hydrogens (tertiary/aromatic N) is 3. The summed E-state index contributed by atoms with van der Waals surface area (Å²) in [4.78, 5) is 20.1. The van der Waals surface area contributed by atoms with Crippen molar-refractivity contribution in [3.63, 3.8) is 0 Å². The molecule has 8 nitrogen and oxygen atoms in total. The Morgan fingerprint density at radius 3 is 2.54 bits per heavy atom. The number of carbonyl (C=O) groups excluding carboxylic acids is 1. The van der Waals surface area contributed by atoms with Crippen molar-refractivity contribution in [2.45, 2.75) is 11.1 Å². The second-order valence-corrected chi connectivity index (χ2v) is 9.95. The normalized spacial score (nSPS) is 12.1. The molecule has 3 aromatic heterocycles. The lowest BCUT2D eigenvalue weighted by molar-refractivity contribution is -0.137. The van der Waals surface area contributed by atoms with E-state index in [-0.39, 0.29) is 11.3 Å². The molecule has 0 atom stereocenters. The molecule has 37 heavy (non-hydrogen) atoms. The zero-order valence-electron chi connectivity index (χ0n) is 19.1. The number of ketones is 1. The minimum atomic E-state index is -4.69. The quantitative estimate of drug-likeness (QED) is 0.303. The smallest absolute Gasteiger partial charge is 0.345 e. The molecule has 0 bridgehead atoms. The zero-order valence-corrected chi connectivity index (χ0v) is 19.9. The fraction of sp³-hybridized carbons (Fsp3) is 0.0800. The molecule has 0 saturated heterocycles. The lowest BCUT2D eigenvalue weighted by Gasteiger charge is -2.12. The lowest BCUT2D eigenvalue weighted by Crippen LogP contribution is -2.15. The standard InChI is InChI=1S/C25H18F3N5O3S/c1-33-14-17(12-31-33)16-9-21-22(13-30-24(21)29-11-16)23(34)15-4-2-6-19(8-15)32-37(35,36)20-7-3-5-18(10-20)25(26,27)28/h2-14,32H,1H3,(H,29,30). The molecular formula is C25H18F3N5O3S. The first-order chi connectivity index (χ1) is 17.5. The van der Waals surface area contributed by atoms with E-state index in [1.807, 2.05) is 12.3 Å². The molecule has 0 amide bonds. The van der Waals surface area contributed by atoms with E-state index < -0.39 is 32.4 Å². The van der Waals surface area contributed by atoms with Gasteiger partial charge in [-0.05, 0) is 36.4 Å². The largest absolute Gasteiger partial charge is 0.416 e. The van der Waals surface area contributed by atoms with Crippen LogP contribution < -0.4 is 4.72 Å². The molecule has 0 aliphatic carbocycles. The summed E-state index contributed by atoms with van der Waals surface area (Å²) >= 11 is 0. The molecule has 0 aliphatic rings. The molecule has 0 aliphatic heterocycles. The summed E-state index contributed by atoms with van der Waals surface area (Å²) in [6.07, 6.45) is 1.98. The Morgan fingerprint density at radius 2 is 1.81 bits per heavy atom. The second kappa shape index (κ2) is 8.89. The third-order valence-corrected chi connectivity index (χ3v) is 7.04. The third-order valence-electron chi connectivity index (χ3n) is 5.66. The summed E-state index contributed by atoms with van der Waals surface area (Å²) in [7, 11) is -2.56. The number of hydrogen-bond acceptors (Lipinski definition) is 5. The van der Waals surface area contributed by atoms with Crippen molar-refractivity contribution < 1.29 is 26.4 Å². The van der Waals surface area contributed by atoms with E-state index in [1.165, 1.54) is 30.5 Å². The second-order valence-electron chi connectivity index (χ2n) is 8.27. The van der Waals surface area contributed by atoms with Gasteiger partial charge in [-0.1, -0.05) is 18.2 Å². The number of pyridine rings is 1. The van der Waals surface area contributed by atoms with Gasteiger partial charge < -0.3 is 4.98 Å². The van der Waals surface area contributed by atoms with Gasteiger partial charge in [0.25, 0.3) is 10.0 Å². The number of nitrogens with one attached hydrogen (secondary N) is 2. The number of hydrogen-bond donors (Lipinski definition) is 2. The van der Waals surface area contributed by atoms with E-state index in [0.29, 0.717) is 22.7 Å². The van der Waals surface area contributed by atoms with Crippen molar-refractivity contribution in [2.24, 2.45) is 7.05 Å². The molecule has 188 valence electrons. The Hall–Kier alpha value is -4.45. The van der Waals surface area contributed by atoms with Crippen LogP contribution in [0.4, 0.5) is 18.9 Å². The topological polar surface area (TPSA) is 110 Å². The average molecular weight is 526 g/mol. The molecule has 0 saturated carbocycles. The number of rotatable bonds is 6. The minimum absolute atomic E-state index is 0.0253. The number of sulfonamides is 1. The number of aromatic amines is 1.